The Morgan fingerprint density at radius 1 is 0.933 bits per heavy atom. The lowest BCUT2D eigenvalue weighted by molar-refractivity contribution is 0.262. The van der Waals surface area contributed by atoms with Crippen molar-refractivity contribution in [2.45, 2.75) is 77.8 Å². The molecule has 0 rings (SSSR count). The van der Waals surface area contributed by atoms with Crippen LogP contribution in [0.3, 0.4) is 0 Å². The second kappa shape index (κ2) is 10.4. The Hall–Kier alpha value is -0.0800. The summed E-state index contributed by atoms with van der Waals surface area (Å²) in [6.45, 7) is 6.93. The molecular formula is C13H29NO. The van der Waals surface area contributed by atoms with Crippen LogP contribution in [-0.2, 0) is 0 Å². The van der Waals surface area contributed by atoms with Crippen LogP contribution in [0.5, 0.6) is 0 Å². The van der Waals surface area contributed by atoms with Crippen LogP contribution in [0.15, 0.2) is 0 Å². The van der Waals surface area contributed by atoms with Crippen LogP contribution in [0.1, 0.15) is 65.7 Å². The van der Waals surface area contributed by atoms with E-state index in [-0.39, 0.29) is 6.61 Å². The number of nitrogens with one attached hydrogen (secondary N) is 1. The van der Waals surface area contributed by atoms with Gasteiger partial charge < -0.3 is 10.4 Å². The highest BCUT2D eigenvalue weighted by atomic mass is 16.3. The van der Waals surface area contributed by atoms with E-state index in [1.807, 2.05) is 0 Å². The Kier molecular flexibility index (Phi) is 10.4. The first kappa shape index (κ1) is 14.9. The fourth-order valence-corrected chi connectivity index (χ4v) is 1.90. The maximum absolute atomic E-state index is 8.78. The molecule has 2 atom stereocenters. The zero-order valence-corrected chi connectivity index (χ0v) is 10.8. The molecule has 92 valence electrons. The van der Waals surface area contributed by atoms with Gasteiger partial charge >= 0.3 is 0 Å². The monoisotopic (exact) mass is 215 g/mol. The summed E-state index contributed by atoms with van der Waals surface area (Å²) in [4.78, 5) is 0. The van der Waals surface area contributed by atoms with Gasteiger partial charge in [0, 0.05) is 18.7 Å². The summed E-state index contributed by atoms with van der Waals surface area (Å²) in [5.41, 5.74) is 0. The number of unbranched alkanes of at least 4 members (excludes halogenated alkanes) is 4. The minimum atomic E-state index is 0.289. The zero-order chi connectivity index (χ0) is 11.5. The van der Waals surface area contributed by atoms with E-state index in [1.165, 1.54) is 38.5 Å². The van der Waals surface area contributed by atoms with Gasteiger partial charge in [-0.1, -0.05) is 39.0 Å². The number of hydrogen-bond acceptors (Lipinski definition) is 2. The zero-order valence-electron chi connectivity index (χ0n) is 10.8. The van der Waals surface area contributed by atoms with Crippen LogP contribution >= 0.6 is 0 Å². The first-order chi connectivity index (χ1) is 7.20. The van der Waals surface area contributed by atoms with Gasteiger partial charge in [0.2, 0.25) is 0 Å². The summed E-state index contributed by atoms with van der Waals surface area (Å²) in [7, 11) is 0. The first-order valence-corrected chi connectivity index (χ1v) is 6.57. The number of aliphatic hydroxyl groups is 1. The van der Waals surface area contributed by atoms with Gasteiger partial charge in [-0.2, -0.15) is 0 Å². The number of aliphatic hydroxyl groups excluding tert-OH is 1. The number of rotatable bonds is 10. The first-order valence-electron chi connectivity index (χ1n) is 6.57. The van der Waals surface area contributed by atoms with Gasteiger partial charge in [0.1, 0.15) is 0 Å². The van der Waals surface area contributed by atoms with E-state index in [0.717, 1.165) is 6.42 Å². The lowest BCUT2D eigenvalue weighted by atomic mass is 10.1. The largest absolute Gasteiger partial charge is 0.396 e. The van der Waals surface area contributed by atoms with E-state index in [4.69, 9.17) is 5.11 Å². The molecule has 0 aliphatic carbocycles. The van der Waals surface area contributed by atoms with Crippen LogP contribution in [0.25, 0.3) is 0 Å². The second-order valence-electron chi connectivity index (χ2n) is 4.68. The molecule has 0 heterocycles. The molecule has 0 spiro atoms. The molecule has 2 unspecified atom stereocenters. The Morgan fingerprint density at radius 3 is 2.13 bits per heavy atom. The van der Waals surface area contributed by atoms with E-state index in [1.54, 1.807) is 0 Å². The Labute approximate surface area is 95.5 Å². The van der Waals surface area contributed by atoms with Gasteiger partial charge in [0.25, 0.3) is 0 Å². The SMILES string of the molecule is CCCCCCCC(C)NC(C)CCO. The van der Waals surface area contributed by atoms with Crippen molar-refractivity contribution in [3.8, 4) is 0 Å². The summed E-state index contributed by atoms with van der Waals surface area (Å²) >= 11 is 0. The molecule has 15 heavy (non-hydrogen) atoms. The van der Waals surface area contributed by atoms with E-state index in [0.29, 0.717) is 12.1 Å². The Morgan fingerprint density at radius 2 is 1.53 bits per heavy atom. The summed E-state index contributed by atoms with van der Waals surface area (Å²) < 4.78 is 0. The summed E-state index contributed by atoms with van der Waals surface area (Å²) in [6, 6.07) is 1.04. The van der Waals surface area contributed by atoms with Crippen LogP contribution in [0.2, 0.25) is 0 Å². The summed E-state index contributed by atoms with van der Waals surface area (Å²) in [5, 5.41) is 12.3. The van der Waals surface area contributed by atoms with Crippen molar-refractivity contribution < 1.29 is 5.11 Å². The van der Waals surface area contributed by atoms with Gasteiger partial charge in [-0.3, -0.25) is 0 Å². The molecule has 2 nitrogen and oxygen atoms in total. The molecule has 0 aromatic rings. The van der Waals surface area contributed by atoms with Crippen LogP contribution in [0, 0.1) is 0 Å². The van der Waals surface area contributed by atoms with Crippen molar-refractivity contribution in [2.24, 2.45) is 0 Å². The predicted molar refractivity (Wildman–Crippen MR) is 67.1 cm³/mol. The minimum absolute atomic E-state index is 0.289. The summed E-state index contributed by atoms with van der Waals surface area (Å²) in [5.74, 6) is 0. The molecule has 2 N–H and O–H groups in total. The molecule has 0 aliphatic rings. The molecule has 0 aromatic heterocycles. The quantitative estimate of drug-likeness (QED) is 0.549. The molecule has 0 amide bonds. The van der Waals surface area contributed by atoms with E-state index in [9.17, 15) is 0 Å². The normalized spacial score (nSPS) is 15.2. The molecule has 0 aliphatic heterocycles. The number of hydrogen-bond donors (Lipinski definition) is 2. The Balaban J connectivity index is 3.28. The standard InChI is InChI=1S/C13H29NO/c1-4-5-6-7-8-9-12(2)14-13(3)10-11-15/h12-15H,4-11H2,1-3H3. The lowest BCUT2D eigenvalue weighted by Crippen LogP contribution is -2.34. The molecule has 0 bridgehead atoms. The smallest absolute Gasteiger partial charge is 0.0445 e. The highest BCUT2D eigenvalue weighted by molar-refractivity contribution is 4.67. The average molecular weight is 215 g/mol. The molecule has 0 saturated carbocycles. The van der Waals surface area contributed by atoms with E-state index >= 15 is 0 Å². The van der Waals surface area contributed by atoms with Crippen molar-refractivity contribution in [3.63, 3.8) is 0 Å². The van der Waals surface area contributed by atoms with Crippen molar-refractivity contribution in [1.29, 1.82) is 0 Å². The van der Waals surface area contributed by atoms with Crippen molar-refractivity contribution >= 4 is 0 Å². The highest BCUT2D eigenvalue weighted by Gasteiger charge is 2.05. The third-order valence-corrected chi connectivity index (χ3v) is 2.87. The van der Waals surface area contributed by atoms with Crippen molar-refractivity contribution in [1.82, 2.24) is 5.32 Å². The minimum Gasteiger partial charge on any atom is -0.396 e. The van der Waals surface area contributed by atoms with Crippen molar-refractivity contribution in [3.05, 3.63) is 0 Å². The predicted octanol–water partition coefficient (Wildman–Crippen LogP) is 3.10. The Bertz CT molecular complexity index is 128. The van der Waals surface area contributed by atoms with Gasteiger partial charge in [-0.25, -0.2) is 0 Å². The van der Waals surface area contributed by atoms with Crippen LogP contribution in [0.4, 0.5) is 0 Å². The molecule has 0 saturated heterocycles. The van der Waals surface area contributed by atoms with Crippen LogP contribution < -0.4 is 5.32 Å². The molecular weight excluding hydrogens is 186 g/mol. The third kappa shape index (κ3) is 10.2. The molecule has 0 aromatic carbocycles. The lowest BCUT2D eigenvalue weighted by Gasteiger charge is -2.19. The van der Waals surface area contributed by atoms with Gasteiger partial charge in [-0.05, 0) is 26.7 Å². The fourth-order valence-electron chi connectivity index (χ4n) is 1.90. The average Bonchev–Trinajstić information content (AvgIpc) is 2.17. The highest BCUT2D eigenvalue weighted by Crippen LogP contribution is 2.07. The van der Waals surface area contributed by atoms with E-state index in [2.05, 4.69) is 26.1 Å². The molecule has 0 fully saturated rings. The van der Waals surface area contributed by atoms with E-state index < -0.39 is 0 Å². The van der Waals surface area contributed by atoms with Gasteiger partial charge in [0.15, 0.2) is 0 Å². The van der Waals surface area contributed by atoms with Crippen molar-refractivity contribution in [2.75, 3.05) is 6.61 Å². The summed E-state index contributed by atoms with van der Waals surface area (Å²) in [6.07, 6.45) is 8.91. The molecule has 2 heteroatoms. The van der Waals surface area contributed by atoms with Gasteiger partial charge in [0.05, 0.1) is 0 Å². The maximum atomic E-state index is 8.78. The van der Waals surface area contributed by atoms with Crippen LogP contribution in [-0.4, -0.2) is 23.8 Å². The second-order valence-corrected chi connectivity index (χ2v) is 4.68. The van der Waals surface area contributed by atoms with Gasteiger partial charge in [-0.15, -0.1) is 0 Å². The topological polar surface area (TPSA) is 32.3 Å². The molecule has 0 radical (unpaired) electrons. The third-order valence-electron chi connectivity index (χ3n) is 2.87. The maximum Gasteiger partial charge on any atom is 0.0445 e. The fraction of sp³-hybridized carbons (Fsp3) is 1.00.